The Balaban J connectivity index is 1.44. The average Bonchev–Trinajstić information content (AvgIpc) is 3.23. The van der Waals surface area contributed by atoms with Gasteiger partial charge in [-0.25, -0.2) is 0 Å². The Kier molecular flexibility index (Phi) is 5.61. The van der Waals surface area contributed by atoms with Crippen LogP contribution in [0, 0.1) is 34.5 Å². The van der Waals surface area contributed by atoms with Crippen LogP contribution in [-0.2, 0) is 38.0 Å². The van der Waals surface area contributed by atoms with Gasteiger partial charge in [0.25, 0.3) is 0 Å². The van der Waals surface area contributed by atoms with E-state index in [1.54, 1.807) is 0 Å². The van der Waals surface area contributed by atoms with Crippen molar-refractivity contribution in [2.45, 2.75) is 110 Å². The van der Waals surface area contributed by atoms with E-state index in [0.717, 1.165) is 32.3 Å². The summed E-state index contributed by atoms with van der Waals surface area (Å²) in [5, 5.41) is 0. The Bertz CT molecular complexity index is 874. The lowest BCUT2D eigenvalue weighted by atomic mass is 9.40. The maximum absolute atomic E-state index is 13.1. The largest absolute Gasteiger partial charge is 0.462 e. The van der Waals surface area contributed by atoms with E-state index < -0.39 is 23.4 Å². The van der Waals surface area contributed by atoms with Gasteiger partial charge in [-0.2, -0.15) is 0 Å². The van der Waals surface area contributed by atoms with E-state index in [2.05, 4.69) is 13.8 Å². The molecule has 196 valence electrons. The van der Waals surface area contributed by atoms with Crippen molar-refractivity contribution in [3.8, 4) is 0 Å². The number of esters is 2. The predicted molar refractivity (Wildman–Crippen MR) is 123 cm³/mol. The Morgan fingerprint density at radius 2 is 1.91 bits per heavy atom. The molecule has 5 heterocycles. The smallest absolute Gasteiger partial charge is 0.310 e. The molecule has 7 rings (SSSR count). The van der Waals surface area contributed by atoms with E-state index in [1.165, 1.54) is 6.92 Å². The third-order valence-electron chi connectivity index (χ3n) is 10.7. The Morgan fingerprint density at radius 1 is 1.14 bits per heavy atom. The van der Waals surface area contributed by atoms with E-state index >= 15 is 0 Å². The monoisotopic (exact) mass is 492 g/mol. The summed E-state index contributed by atoms with van der Waals surface area (Å²) in [5.74, 6) is -0.122. The Hall–Kier alpha value is -1.22. The number of ether oxygens (including phenoxy) is 6. The van der Waals surface area contributed by atoms with Crippen molar-refractivity contribution in [3.05, 3.63) is 0 Å². The molecule has 2 spiro atoms. The molecule has 2 bridgehead atoms. The standard InChI is InChI=1S/C27H40O8/c1-6-14(2)22(29)35-24-27-19(11-18(33-24)12-26(27)13-31-26)25(5,15(3)9-21(27)32-16(4)28)20-10-17-7-8-30-23(17)34-20/h14-15,17-21,23-24H,6-13H2,1-5H3/t14?,15-,17-,18-,19?,20+,21+,23+,24-,25+,26?,27?/m1/s1. The molecule has 35 heavy (non-hydrogen) atoms. The fourth-order valence-electron chi connectivity index (χ4n) is 8.46. The van der Waals surface area contributed by atoms with Crippen molar-refractivity contribution in [3.63, 3.8) is 0 Å². The summed E-state index contributed by atoms with van der Waals surface area (Å²) in [6.45, 7) is 11.2. The van der Waals surface area contributed by atoms with Gasteiger partial charge in [-0.05, 0) is 43.9 Å². The Labute approximate surface area is 207 Å². The van der Waals surface area contributed by atoms with Gasteiger partial charge in [0, 0.05) is 24.7 Å². The van der Waals surface area contributed by atoms with Gasteiger partial charge in [0.1, 0.15) is 17.1 Å². The lowest BCUT2D eigenvalue weighted by molar-refractivity contribution is -0.376. The average molecular weight is 493 g/mol. The molecule has 2 aliphatic carbocycles. The second-order valence-electron chi connectivity index (χ2n) is 12.3. The summed E-state index contributed by atoms with van der Waals surface area (Å²) in [5.41, 5.74) is -1.50. The molecule has 0 N–H and O–H groups in total. The van der Waals surface area contributed by atoms with E-state index in [1.807, 2.05) is 13.8 Å². The minimum absolute atomic E-state index is 0.0222. The van der Waals surface area contributed by atoms with Crippen molar-refractivity contribution in [1.82, 2.24) is 0 Å². The topological polar surface area (TPSA) is 92.8 Å². The first kappa shape index (κ1) is 24.1. The molecule has 0 radical (unpaired) electrons. The summed E-state index contributed by atoms with van der Waals surface area (Å²) in [7, 11) is 0. The lowest BCUT2D eigenvalue weighted by Crippen LogP contribution is -2.77. The van der Waals surface area contributed by atoms with E-state index in [4.69, 9.17) is 28.4 Å². The first-order chi connectivity index (χ1) is 16.7. The van der Waals surface area contributed by atoms with Crippen LogP contribution < -0.4 is 0 Å². The van der Waals surface area contributed by atoms with Gasteiger partial charge in [-0.15, -0.1) is 0 Å². The van der Waals surface area contributed by atoms with Crippen LogP contribution in [0.2, 0.25) is 0 Å². The van der Waals surface area contributed by atoms with Crippen LogP contribution in [-0.4, -0.2) is 61.6 Å². The van der Waals surface area contributed by atoms with E-state index in [0.29, 0.717) is 25.4 Å². The predicted octanol–water partition coefficient (Wildman–Crippen LogP) is 3.60. The highest BCUT2D eigenvalue weighted by atomic mass is 16.7. The molecule has 12 atom stereocenters. The molecular formula is C27H40O8. The summed E-state index contributed by atoms with van der Waals surface area (Å²) < 4.78 is 37.6. The molecular weight excluding hydrogens is 452 g/mol. The molecule has 0 aromatic carbocycles. The zero-order chi connectivity index (χ0) is 24.8. The maximum Gasteiger partial charge on any atom is 0.310 e. The molecule has 8 nitrogen and oxygen atoms in total. The number of fused-ring (bicyclic) bond motifs is 2. The number of hydrogen-bond acceptors (Lipinski definition) is 8. The fourth-order valence-corrected chi connectivity index (χ4v) is 8.46. The molecule has 5 saturated heterocycles. The van der Waals surface area contributed by atoms with Crippen molar-refractivity contribution >= 4 is 11.9 Å². The van der Waals surface area contributed by atoms with E-state index in [-0.39, 0.29) is 53.6 Å². The van der Waals surface area contributed by atoms with Crippen LogP contribution >= 0.6 is 0 Å². The van der Waals surface area contributed by atoms with Crippen molar-refractivity contribution in [2.24, 2.45) is 34.5 Å². The van der Waals surface area contributed by atoms with Gasteiger partial charge in [0.2, 0.25) is 6.29 Å². The molecule has 8 heteroatoms. The maximum atomic E-state index is 13.1. The molecule has 0 aromatic rings. The highest BCUT2D eigenvalue weighted by Crippen LogP contribution is 2.74. The third kappa shape index (κ3) is 3.25. The van der Waals surface area contributed by atoms with Gasteiger partial charge in [-0.1, -0.05) is 27.7 Å². The highest BCUT2D eigenvalue weighted by Gasteiger charge is 2.83. The molecule has 4 unspecified atom stereocenters. The van der Waals surface area contributed by atoms with Gasteiger partial charge in [-0.3, -0.25) is 9.59 Å². The molecule has 0 amide bonds. The molecule has 7 aliphatic rings. The summed E-state index contributed by atoms with van der Waals surface area (Å²) in [6.07, 6.45) is 3.45. The minimum atomic E-state index is -0.808. The molecule has 2 saturated carbocycles. The van der Waals surface area contributed by atoms with Crippen molar-refractivity contribution < 1.29 is 38.0 Å². The van der Waals surface area contributed by atoms with Crippen LogP contribution in [0.15, 0.2) is 0 Å². The Morgan fingerprint density at radius 3 is 2.57 bits per heavy atom. The first-order valence-corrected chi connectivity index (χ1v) is 13.6. The third-order valence-corrected chi connectivity index (χ3v) is 10.7. The van der Waals surface area contributed by atoms with E-state index in [9.17, 15) is 9.59 Å². The normalized spacial score (nSPS) is 52.6. The number of carbonyl (C=O) groups excluding carboxylic acids is 2. The second-order valence-corrected chi connectivity index (χ2v) is 12.3. The zero-order valence-electron chi connectivity index (χ0n) is 21.6. The summed E-state index contributed by atoms with van der Waals surface area (Å²) in [6, 6.07) is 0. The molecule has 0 aromatic heterocycles. The quantitative estimate of drug-likeness (QED) is 0.425. The molecule has 5 aliphatic heterocycles. The van der Waals surface area contributed by atoms with Crippen molar-refractivity contribution in [1.29, 1.82) is 0 Å². The summed E-state index contributed by atoms with van der Waals surface area (Å²) in [4.78, 5) is 25.4. The fraction of sp³-hybridized carbons (Fsp3) is 0.926. The van der Waals surface area contributed by atoms with Gasteiger partial charge in [0.15, 0.2) is 6.29 Å². The van der Waals surface area contributed by atoms with Crippen LogP contribution in [0.4, 0.5) is 0 Å². The van der Waals surface area contributed by atoms with Gasteiger partial charge < -0.3 is 28.4 Å². The number of hydrogen-bond donors (Lipinski definition) is 0. The van der Waals surface area contributed by atoms with Gasteiger partial charge in [0.05, 0.1) is 31.3 Å². The number of epoxide rings is 1. The highest BCUT2D eigenvalue weighted by molar-refractivity contribution is 5.72. The zero-order valence-corrected chi connectivity index (χ0v) is 21.6. The first-order valence-electron chi connectivity index (χ1n) is 13.6. The van der Waals surface area contributed by atoms with Crippen LogP contribution in [0.5, 0.6) is 0 Å². The minimum Gasteiger partial charge on any atom is -0.462 e. The second kappa shape index (κ2) is 8.14. The summed E-state index contributed by atoms with van der Waals surface area (Å²) >= 11 is 0. The van der Waals surface area contributed by atoms with Gasteiger partial charge >= 0.3 is 11.9 Å². The SMILES string of the molecule is CCC(C)C(=O)O[C@H]1O[C@@H]2CC3C1([C@@H](OC(C)=O)C[C@@H](C)[C@]3(C)[C@@H]1C[C@H]3CCO[C@H]3O1)C1(CO1)C2. The van der Waals surface area contributed by atoms with Crippen LogP contribution in [0.1, 0.15) is 73.1 Å². The number of rotatable bonds is 5. The van der Waals surface area contributed by atoms with Crippen LogP contribution in [0.25, 0.3) is 0 Å². The molecule has 7 fully saturated rings. The lowest BCUT2D eigenvalue weighted by Gasteiger charge is -2.69. The van der Waals surface area contributed by atoms with Crippen molar-refractivity contribution in [2.75, 3.05) is 13.2 Å². The number of carbonyl (C=O) groups is 2. The van der Waals surface area contributed by atoms with Crippen LogP contribution in [0.3, 0.4) is 0 Å².